The molecule has 6 aromatic carbocycles. The number of hydrogen-bond acceptors (Lipinski definition) is 1. The Morgan fingerprint density at radius 1 is 0.462 bits per heavy atom. The standard InChI is InChI=1S/C37H28N2/c1-25-20-29(22-30(21-25)28-17-19-37-34(24-28)32-14-8-9-15-35(32)39-37)27-16-18-36(38-31-12-6-3-7-13-31)33(23-27)26-10-4-2-5-11-26/h2-24,38-39H,1H3. The Labute approximate surface area is 228 Å². The quantitative estimate of drug-likeness (QED) is 0.242. The van der Waals surface area contributed by atoms with Crippen molar-refractivity contribution in [3.05, 3.63) is 145 Å². The second-order valence-corrected chi connectivity index (χ2v) is 10.1. The second kappa shape index (κ2) is 9.66. The van der Waals surface area contributed by atoms with E-state index in [0.29, 0.717) is 0 Å². The highest BCUT2D eigenvalue weighted by molar-refractivity contribution is 6.08. The molecule has 0 saturated carbocycles. The number of nitrogens with one attached hydrogen (secondary N) is 2. The molecule has 0 spiro atoms. The van der Waals surface area contributed by atoms with E-state index in [0.717, 1.165) is 11.4 Å². The van der Waals surface area contributed by atoms with E-state index in [2.05, 4.69) is 151 Å². The molecule has 1 aromatic heterocycles. The van der Waals surface area contributed by atoms with Crippen LogP contribution in [0.3, 0.4) is 0 Å². The minimum absolute atomic E-state index is 1.08. The average Bonchev–Trinajstić information content (AvgIpc) is 3.36. The molecule has 0 saturated heterocycles. The van der Waals surface area contributed by atoms with Crippen molar-refractivity contribution in [3.63, 3.8) is 0 Å². The van der Waals surface area contributed by atoms with Gasteiger partial charge in [-0.1, -0.05) is 91.0 Å². The van der Waals surface area contributed by atoms with Crippen LogP contribution < -0.4 is 5.32 Å². The lowest BCUT2D eigenvalue weighted by atomic mass is 9.93. The SMILES string of the molecule is Cc1cc(-c2ccc(Nc3ccccc3)c(-c3ccccc3)c2)cc(-c2ccc3[nH]c4ccccc4c3c2)c1. The average molecular weight is 501 g/mol. The van der Waals surface area contributed by atoms with Crippen LogP contribution >= 0.6 is 0 Å². The highest BCUT2D eigenvalue weighted by Crippen LogP contribution is 2.37. The van der Waals surface area contributed by atoms with Gasteiger partial charge in [0.15, 0.2) is 0 Å². The molecule has 0 bridgehead atoms. The maximum absolute atomic E-state index is 3.62. The van der Waals surface area contributed by atoms with Crippen molar-refractivity contribution >= 4 is 33.2 Å². The number of fused-ring (bicyclic) bond motifs is 3. The third-order valence-corrected chi connectivity index (χ3v) is 7.41. The topological polar surface area (TPSA) is 27.8 Å². The van der Waals surface area contributed by atoms with E-state index >= 15 is 0 Å². The molecule has 7 aromatic rings. The van der Waals surface area contributed by atoms with Crippen LogP contribution in [-0.2, 0) is 0 Å². The minimum atomic E-state index is 1.08. The van der Waals surface area contributed by atoms with Gasteiger partial charge < -0.3 is 10.3 Å². The number of anilines is 2. The van der Waals surface area contributed by atoms with Gasteiger partial charge in [-0.2, -0.15) is 0 Å². The first-order valence-electron chi connectivity index (χ1n) is 13.4. The predicted molar refractivity (Wildman–Crippen MR) is 167 cm³/mol. The molecule has 2 heteroatoms. The van der Waals surface area contributed by atoms with Crippen molar-refractivity contribution in [3.8, 4) is 33.4 Å². The molecule has 2 N–H and O–H groups in total. The van der Waals surface area contributed by atoms with Crippen LogP contribution in [0, 0.1) is 6.92 Å². The van der Waals surface area contributed by atoms with Crippen molar-refractivity contribution in [2.45, 2.75) is 6.92 Å². The molecule has 0 radical (unpaired) electrons. The number of hydrogen-bond donors (Lipinski definition) is 2. The third-order valence-electron chi connectivity index (χ3n) is 7.41. The van der Waals surface area contributed by atoms with Crippen LogP contribution in [0.25, 0.3) is 55.2 Å². The molecule has 0 atom stereocenters. The summed E-state index contributed by atoms with van der Waals surface area (Å²) in [5.41, 5.74) is 13.0. The Hall–Kier alpha value is -5.08. The summed E-state index contributed by atoms with van der Waals surface area (Å²) in [5, 5.41) is 6.14. The van der Waals surface area contributed by atoms with Crippen molar-refractivity contribution < 1.29 is 0 Å². The van der Waals surface area contributed by atoms with E-state index in [-0.39, 0.29) is 0 Å². The van der Waals surface area contributed by atoms with Crippen molar-refractivity contribution in [1.29, 1.82) is 0 Å². The normalized spacial score (nSPS) is 11.2. The summed E-state index contributed by atoms with van der Waals surface area (Å²) in [5.74, 6) is 0. The van der Waals surface area contributed by atoms with Gasteiger partial charge in [-0.05, 0) is 88.8 Å². The largest absolute Gasteiger partial charge is 0.355 e. The van der Waals surface area contributed by atoms with Gasteiger partial charge in [0.2, 0.25) is 0 Å². The number of aryl methyl sites for hydroxylation is 1. The lowest BCUT2D eigenvalue weighted by Crippen LogP contribution is -1.94. The van der Waals surface area contributed by atoms with E-state index < -0.39 is 0 Å². The monoisotopic (exact) mass is 500 g/mol. The highest BCUT2D eigenvalue weighted by Gasteiger charge is 2.11. The molecule has 0 amide bonds. The van der Waals surface area contributed by atoms with Gasteiger partial charge in [0.25, 0.3) is 0 Å². The minimum Gasteiger partial charge on any atom is -0.355 e. The first-order chi connectivity index (χ1) is 19.2. The maximum Gasteiger partial charge on any atom is 0.0465 e. The zero-order chi connectivity index (χ0) is 26.2. The van der Waals surface area contributed by atoms with E-state index in [4.69, 9.17) is 0 Å². The van der Waals surface area contributed by atoms with Gasteiger partial charge in [-0.25, -0.2) is 0 Å². The van der Waals surface area contributed by atoms with E-state index in [1.54, 1.807) is 0 Å². The van der Waals surface area contributed by atoms with E-state index in [1.807, 2.05) is 6.07 Å². The van der Waals surface area contributed by atoms with Crippen LogP contribution in [0.2, 0.25) is 0 Å². The first-order valence-corrected chi connectivity index (χ1v) is 13.4. The Balaban J connectivity index is 1.33. The highest BCUT2D eigenvalue weighted by atomic mass is 14.9. The van der Waals surface area contributed by atoms with Gasteiger partial charge in [0.05, 0.1) is 0 Å². The number of aromatic nitrogens is 1. The van der Waals surface area contributed by atoms with E-state index in [9.17, 15) is 0 Å². The van der Waals surface area contributed by atoms with Crippen LogP contribution in [0.1, 0.15) is 5.56 Å². The fourth-order valence-electron chi connectivity index (χ4n) is 5.51. The molecule has 2 nitrogen and oxygen atoms in total. The molecule has 0 aliphatic heterocycles. The lowest BCUT2D eigenvalue weighted by molar-refractivity contribution is 1.46. The molecule has 186 valence electrons. The van der Waals surface area contributed by atoms with Gasteiger partial charge >= 0.3 is 0 Å². The van der Waals surface area contributed by atoms with Crippen molar-refractivity contribution in [2.24, 2.45) is 0 Å². The van der Waals surface area contributed by atoms with Gasteiger partial charge in [-0.15, -0.1) is 0 Å². The second-order valence-electron chi connectivity index (χ2n) is 10.1. The molecule has 7 rings (SSSR count). The van der Waals surface area contributed by atoms with Crippen molar-refractivity contribution in [2.75, 3.05) is 5.32 Å². The molecule has 0 unspecified atom stereocenters. The maximum atomic E-state index is 3.62. The van der Waals surface area contributed by atoms with Crippen LogP contribution in [0.4, 0.5) is 11.4 Å². The van der Waals surface area contributed by atoms with Crippen LogP contribution in [0.15, 0.2) is 140 Å². The van der Waals surface area contributed by atoms with Crippen molar-refractivity contribution in [1.82, 2.24) is 4.98 Å². The summed E-state index contributed by atoms with van der Waals surface area (Å²) < 4.78 is 0. The molecular weight excluding hydrogens is 472 g/mol. The number of benzene rings is 6. The molecule has 0 fully saturated rings. The summed E-state index contributed by atoms with van der Waals surface area (Å²) in [6.45, 7) is 2.18. The summed E-state index contributed by atoms with van der Waals surface area (Å²) >= 11 is 0. The summed E-state index contributed by atoms with van der Waals surface area (Å²) in [6, 6.07) is 49.8. The van der Waals surface area contributed by atoms with Gasteiger partial charge in [0, 0.05) is 38.7 Å². The lowest BCUT2D eigenvalue weighted by Gasteiger charge is -2.16. The number of para-hydroxylation sites is 2. The molecule has 0 aliphatic rings. The summed E-state index contributed by atoms with van der Waals surface area (Å²) in [7, 11) is 0. The Morgan fingerprint density at radius 2 is 1.10 bits per heavy atom. The number of H-pyrrole nitrogens is 1. The van der Waals surface area contributed by atoms with E-state index in [1.165, 1.54) is 60.8 Å². The molecule has 0 aliphatic carbocycles. The fraction of sp³-hybridized carbons (Fsp3) is 0.0270. The Morgan fingerprint density at radius 3 is 1.90 bits per heavy atom. The first kappa shape index (κ1) is 23.1. The summed E-state index contributed by atoms with van der Waals surface area (Å²) in [4.78, 5) is 3.54. The molecule has 1 heterocycles. The Bertz CT molecular complexity index is 1930. The fourth-order valence-corrected chi connectivity index (χ4v) is 5.51. The molecule has 39 heavy (non-hydrogen) atoms. The smallest absolute Gasteiger partial charge is 0.0465 e. The van der Waals surface area contributed by atoms with Gasteiger partial charge in [-0.3, -0.25) is 0 Å². The molecular formula is C37H28N2. The van der Waals surface area contributed by atoms with Crippen LogP contribution in [0.5, 0.6) is 0 Å². The zero-order valence-corrected chi connectivity index (χ0v) is 21.8. The van der Waals surface area contributed by atoms with Crippen LogP contribution in [-0.4, -0.2) is 4.98 Å². The Kier molecular flexibility index (Phi) is 5.71. The number of rotatable bonds is 5. The third kappa shape index (κ3) is 4.47. The predicted octanol–water partition coefficient (Wildman–Crippen LogP) is 10.4. The number of aromatic amines is 1. The summed E-state index contributed by atoms with van der Waals surface area (Å²) in [6.07, 6.45) is 0. The van der Waals surface area contributed by atoms with Gasteiger partial charge in [0.1, 0.15) is 0 Å². The zero-order valence-electron chi connectivity index (χ0n) is 21.8.